The number of allylic oxidation sites excluding steroid dienone is 9. The average molecular weight is 397 g/mol. The van der Waals surface area contributed by atoms with Crippen molar-refractivity contribution in [2.45, 2.75) is 58.3 Å². The van der Waals surface area contributed by atoms with E-state index in [2.05, 4.69) is 19.1 Å². The predicted octanol–water partition coefficient (Wildman–Crippen LogP) is 4.75. The molecule has 1 aliphatic heterocycles. The molecule has 0 amide bonds. The van der Waals surface area contributed by atoms with Crippen molar-refractivity contribution in [2.24, 2.45) is 17.8 Å². The molecular formula is C25H32O4. The number of hydrogen-bond acceptors (Lipinski definition) is 3. The third-order valence-electron chi connectivity index (χ3n) is 6.65. The number of ether oxygens (including phenoxy) is 1. The summed E-state index contributed by atoms with van der Waals surface area (Å²) < 4.78 is 6.04. The van der Waals surface area contributed by atoms with Crippen LogP contribution in [0.3, 0.4) is 0 Å². The number of carbonyl (C=O) groups is 1. The van der Waals surface area contributed by atoms with E-state index in [1.54, 1.807) is 6.08 Å². The molecule has 1 unspecified atom stereocenters. The summed E-state index contributed by atoms with van der Waals surface area (Å²) in [6.45, 7) is 8.13. The van der Waals surface area contributed by atoms with Crippen molar-refractivity contribution in [1.82, 2.24) is 0 Å². The smallest absolute Gasteiger partial charge is 0.328 e. The first-order valence-corrected chi connectivity index (χ1v) is 10.4. The largest absolute Gasteiger partial charge is 0.478 e. The van der Waals surface area contributed by atoms with Crippen molar-refractivity contribution < 1.29 is 19.7 Å². The molecular weight excluding hydrogens is 364 g/mol. The van der Waals surface area contributed by atoms with Gasteiger partial charge in [0.25, 0.3) is 0 Å². The van der Waals surface area contributed by atoms with Crippen molar-refractivity contribution in [3.8, 4) is 0 Å². The minimum Gasteiger partial charge on any atom is -0.478 e. The summed E-state index contributed by atoms with van der Waals surface area (Å²) in [4.78, 5) is 10.5. The Balaban J connectivity index is 1.84. The quantitative estimate of drug-likeness (QED) is 0.294. The summed E-state index contributed by atoms with van der Waals surface area (Å²) >= 11 is 0. The van der Waals surface area contributed by atoms with E-state index in [0.717, 1.165) is 30.1 Å². The Labute approximate surface area is 173 Å². The molecule has 0 aromatic carbocycles. The second-order valence-electron chi connectivity index (χ2n) is 8.51. The molecule has 3 aliphatic rings. The molecule has 156 valence electrons. The van der Waals surface area contributed by atoms with Crippen LogP contribution >= 0.6 is 0 Å². The van der Waals surface area contributed by atoms with E-state index >= 15 is 0 Å². The Morgan fingerprint density at radius 2 is 1.93 bits per heavy atom. The number of aliphatic hydroxyl groups is 1. The van der Waals surface area contributed by atoms with Crippen LogP contribution in [0.5, 0.6) is 0 Å². The molecule has 0 aromatic heterocycles. The van der Waals surface area contributed by atoms with E-state index in [1.807, 2.05) is 45.1 Å². The predicted molar refractivity (Wildman–Crippen MR) is 115 cm³/mol. The minimum atomic E-state index is -0.960. The maximum atomic E-state index is 11.7. The number of aliphatic carboxylic acids is 1. The summed E-state index contributed by atoms with van der Waals surface area (Å²) in [7, 11) is 0. The molecule has 2 N–H and O–H groups in total. The lowest BCUT2D eigenvalue weighted by Gasteiger charge is -2.47. The number of rotatable bonds is 6. The molecule has 0 bridgehead atoms. The normalized spacial score (nSPS) is 37.7. The van der Waals surface area contributed by atoms with Gasteiger partial charge < -0.3 is 14.9 Å². The van der Waals surface area contributed by atoms with Gasteiger partial charge in [-0.05, 0) is 57.9 Å². The molecule has 1 heterocycles. The van der Waals surface area contributed by atoms with Gasteiger partial charge >= 0.3 is 5.97 Å². The molecule has 6 atom stereocenters. The van der Waals surface area contributed by atoms with Crippen molar-refractivity contribution >= 4 is 5.97 Å². The maximum absolute atomic E-state index is 11.7. The van der Waals surface area contributed by atoms with Gasteiger partial charge in [-0.15, -0.1) is 0 Å². The highest BCUT2D eigenvalue weighted by Crippen LogP contribution is 2.58. The zero-order valence-corrected chi connectivity index (χ0v) is 17.7. The standard InChI is InChI=1S/C25H32O4/c1-5-18(4)25(28)21(11-8-10-16(2)9-6-7-12-22(26)27)19-14-13-17(3)15-20(19)23-24(25)29-23/h5-13,19-21,23-24,28H,14-15H2,1-4H3,(H,26,27)/b9-6+,11-8+,12-7+,16-10-,18-5+/t19-,20-,21?,23+,24+,25-/m1/s1. The first-order chi connectivity index (χ1) is 13.8. The first-order valence-electron chi connectivity index (χ1n) is 10.4. The van der Waals surface area contributed by atoms with Crippen LogP contribution in [0, 0.1) is 17.8 Å². The van der Waals surface area contributed by atoms with Gasteiger partial charge in [0.05, 0.1) is 6.10 Å². The van der Waals surface area contributed by atoms with Gasteiger partial charge in [0.2, 0.25) is 0 Å². The Morgan fingerprint density at radius 3 is 2.62 bits per heavy atom. The number of carboxylic acids is 1. The summed E-state index contributed by atoms with van der Waals surface area (Å²) in [5, 5.41) is 20.4. The fourth-order valence-corrected chi connectivity index (χ4v) is 4.95. The second-order valence-corrected chi connectivity index (χ2v) is 8.51. The highest BCUT2D eigenvalue weighted by Gasteiger charge is 2.67. The molecule has 29 heavy (non-hydrogen) atoms. The molecule has 3 rings (SSSR count). The lowest BCUT2D eigenvalue weighted by molar-refractivity contribution is -0.131. The van der Waals surface area contributed by atoms with Crippen LogP contribution in [0.15, 0.2) is 71.4 Å². The van der Waals surface area contributed by atoms with Gasteiger partial charge in [0.15, 0.2) is 0 Å². The number of carboxylic acid groups (broad SMARTS) is 1. The van der Waals surface area contributed by atoms with Crippen molar-refractivity contribution in [3.63, 3.8) is 0 Å². The second kappa shape index (κ2) is 8.68. The van der Waals surface area contributed by atoms with E-state index in [0.29, 0.717) is 11.8 Å². The van der Waals surface area contributed by atoms with E-state index in [9.17, 15) is 9.90 Å². The molecule has 0 spiro atoms. The van der Waals surface area contributed by atoms with E-state index < -0.39 is 11.6 Å². The molecule has 4 nitrogen and oxygen atoms in total. The van der Waals surface area contributed by atoms with E-state index in [-0.39, 0.29) is 18.1 Å². The first kappa shape index (κ1) is 21.5. The van der Waals surface area contributed by atoms with E-state index in [1.165, 1.54) is 11.6 Å². The van der Waals surface area contributed by atoms with E-state index in [4.69, 9.17) is 9.84 Å². The lowest BCUT2D eigenvalue weighted by atomic mass is 9.58. The summed E-state index contributed by atoms with van der Waals surface area (Å²) in [6.07, 6.45) is 18.7. The number of hydrogen-bond donors (Lipinski definition) is 2. The highest BCUT2D eigenvalue weighted by molar-refractivity contribution is 5.80. The Hall–Kier alpha value is -2.17. The molecule has 1 saturated carbocycles. The maximum Gasteiger partial charge on any atom is 0.328 e. The van der Waals surface area contributed by atoms with Gasteiger partial charge in [0, 0.05) is 12.0 Å². The average Bonchev–Trinajstić information content (AvgIpc) is 3.49. The Bertz CT molecular complexity index is 826. The fraction of sp³-hybridized carbons (Fsp3) is 0.480. The van der Waals surface area contributed by atoms with Crippen LogP contribution in [0.4, 0.5) is 0 Å². The van der Waals surface area contributed by atoms with Crippen LogP contribution in [0.1, 0.15) is 40.5 Å². The van der Waals surface area contributed by atoms with Crippen LogP contribution in [0.25, 0.3) is 0 Å². The molecule has 4 heteroatoms. The third kappa shape index (κ3) is 4.39. The SMILES string of the molecule is C/C=C(\C)[C@@]1(O)C(/C=C/C=C(C)\C=C\C=C\C(=O)O)[C@@H]2CC=C(C)C[C@H]2[C@@H]2O[C@@H]21. The highest BCUT2D eigenvalue weighted by atomic mass is 16.6. The van der Waals surface area contributed by atoms with Gasteiger partial charge in [-0.1, -0.05) is 59.8 Å². The molecule has 2 fully saturated rings. The third-order valence-corrected chi connectivity index (χ3v) is 6.65. The van der Waals surface area contributed by atoms with Crippen LogP contribution in [-0.4, -0.2) is 34.0 Å². The van der Waals surface area contributed by atoms with Gasteiger partial charge in [-0.25, -0.2) is 4.79 Å². The molecule has 0 radical (unpaired) electrons. The fourth-order valence-electron chi connectivity index (χ4n) is 4.95. The molecule has 0 aromatic rings. The topological polar surface area (TPSA) is 70.1 Å². The summed E-state index contributed by atoms with van der Waals surface area (Å²) in [6, 6.07) is 0. The lowest BCUT2D eigenvalue weighted by Crippen LogP contribution is -2.54. The zero-order valence-electron chi connectivity index (χ0n) is 17.7. The minimum absolute atomic E-state index is 0.00302. The van der Waals surface area contributed by atoms with Crippen molar-refractivity contribution in [3.05, 3.63) is 71.4 Å². The summed E-state index contributed by atoms with van der Waals surface area (Å²) in [5.74, 6) is -0.132. The van der Waals surface area contributed by atoms with Crippen LogP contribution in [0.2, 0.25) is 0 Å². The van der Waals surface area contributed by atoms with Gasteiger partial charge in [-0.3, -0.25) is 0 Å². The monoisotopic (exact) mass is 396 g/mol. The molecule has 1 saturated heterocycles. The Kier molecular flexibility index (Phi) is 6.45. The van der Waals surface area contributed by atoms with Gasteiger partial charge in [0.1, 0.15) is 11.7 Å². The van der Waals surface area contributed by atoms with Crippen molar-refractivity contribution in [1.29, 1.82) is 0 Å². The van der Waals surface area contributed by atoms with Crippen LogP contribution < -0.4 is 0 Å². The zero-order chi connectivity index (χ0) is 21.2. The van der Waals surface area contributed by atoms with Crippen LogP contribution in [-0.2, 0) is 9.53 Å². The number of fused-ring (bicyclic) bond motifs is 3. The summed E-state index contributed by atoms with van der Waals surface area (Å²) in [5.41, 5.74) is 2.45. The van der Waals surface area contributed by atoms with Crippen molar-refractivity contribution in [2.75, 3.05) is 0 Å². The molecule has 2 aliphatic carbocycles. The number of epoxide rings is 1. The Morgan fingerprint density at radius 1 is 1.21 bits per heavy atom. The van der Waals surface area contributed by atoms with Gasteiger partial charge in [-0.2, -0.15) is 0 Å².